The molecule has 0 saturated heterocycles. The lowest BCUT2D eigenvalue weighted by Gasteiger charge is -2.23. The lowest BCUT2D eigenvalue weighted by molar-refractivity contribution is -0.121. The average molecular weight is 336 g/mol. The van der Waals surface area contributed by atoms with Gasteiger partial charge in [-0.05, 0) is 25.5 Å². The van der Waals surface area contributed by atoms with Crippen LogP contribution in [0.2, 0.25) is 0 Å². The highest BCUT2D eigenvalue weighted by molar-refractivity contribution is 7.10. The average Bonchev–Trinajstić information content (AvgIpc) is 3.02. The van der Waals surface area contributed by atoms with E-state index in [0.717, 1.165) is 9.44 Å². The van der Waals surface area contributed by atoms with Gasteiger partial charge in [-0.15, -0.1) is 11.3 Å². The Balaban J connectivity index is 2.01. The summed E-state index contributed by atoms with van der Waals surface area (Å²) in [6.07, 6.45) is 1.34. The van der Waals surface area contributed by atoms with Crippen molar-refractivity contribution in [3.63, 3.8) is 0 Å². The Bertz CT molecular complexity index is 777. The number of thiophene rings is 1. The van der Waals surface area contributed by atoms with E-state index in [4.69, 9.17) is 0 Å². The number of carbonyl (C=O) groups is 1. The van der Waals surface area contributed by atoms with Gasteiger partial charge in [-0.25, -0.2) is 4.79 Å². The van der Waals surface area contributed by atoms with Crippen molar-refractivity contribution in [1.82, 2.24) is 19.4 Å². The molecule has 23 heavy (non-hydrogen) atoms. The Morgan fingerprint density at radius 2 is 2.09 bits per heavy atom. The van der Waals surface area contributed by atoms with Gasteiger partial charge in [-0.3, -0.25) is 18.7 Å². The third-order valence-corrected chi connectivity index (χ3v) is 4.54. The maximum Gasteiger partial charge on any atom is 0.331 e. The Labute approximate surface area is 137 Å². The van der Waals surface area contributed by atoms with E-state index in [-0.39, 0.29) is 18.5 Å². The van der Waals surface area contributed by atoms with Crippen LogP contribution in [-0.2, 0) is 18.4 Å². The van der Waals surface area contributed by atoms with E-state index in [9.17, 15) is 14.4 Å². The fourth-order valence-corrected chi connectivity index (χ4v) is 3.10. The molecular formula is C15H20N4O3S. The molecule has 7 nitrogen and oxygen atoms in total. The zero-order valence-electron chi connectivity index (χ0n) is 13.4. The second kappa shape index (κ2) is 7.38. The second-order valence-electron chi connectivity index (χ2n) is 5.42. The van der Waals surface area contributed by atoms with Gasteiger partial charge in [-0.2, -0.15) is 0 Å². The maximum atomic E-state index is 12.1. The van der Waals surface area contributed by atoms with Crippen molar-refractivity contribution in [2.75, 3.05) is 20.6 Å². The normalized spacial score (nSPS) is 12.3. The maximum absolute atomic E-state index is 12.1. The van der Waals surface area contributed by atoms with Crippen molar-refractivity contribution in [3.05, 3.63) is 55.5 Å². The number of hydrogen-bond donors (Lipinski definition) is 1. The molecule has 2 rings (SSSR count). The Hall–Kier alpha value is -2.19. The molecule has 0 spiro atoms. The van der Waals surface area contributed by atoms with Crippen LogP contribution < -0.4 is 16.6 Å². The van der Waals surface area contributed by atoms with Gasteiger partial charge in [0, 0.05) is 30.7 Å². The minimum Gasteiger partial charge on any atom is -0.353 e. The van der Waals surface area contributed by atoms with Crippen molar-refractivity contribution in [2.45, 2.75) is 12.6 Å². The Morgan fingerprint density at radius 3 is 2.70 bits per heavy atom. The predicted octanol–water partition coefficient (Wildman–Crippen LogP) is 0.0276. The predicted molar refractivity (Wildman–Crippen MR) is 89.7 cm³/mol. The number of likely N-dealkylation sites (N-methyl/N-ethyl adjacent to an activating group) is 1. The molecule has 2 aromatic rings. The van der Waals surface area contributed by atoms with E-state index < -0.39 is 11.2 Å². The minimum atomic E-state index is -0.505. The van der Waals surface area contributed by atoms with Crippen molar-refractivity contribution >= 4 is 17.2 Å². The quantitative estimate of drug-likeness (QED) is 0.807. The SMILES string of the molecule is CN(C)[C@H](CNC(=O)Cn1ccc(=O)n(C)c1=O)c1cccs1. The molecule has 0 fully saturated rings. The lowest BCUT2D eigenvalue weighted by atomic mass is 10.2. The summed E-state index contributed by atoms with van der Waals surface area (Å²) < 4.78 is 2.19. The highest BCUT2D eigenvalue weighted by atomic mass is 32.1. The fraction of sp³-hybridized carbons (Fsp3) is 0.400. The topological polar surface area (TPSA) is 76.3 Å². The molecular weight excluding hydrogens is 316 g/mol. The van der Waals surface area contributed by atoms with Gasteiger partial charge in [0.15, 0.2) is 0 Å². The lowest BCUT2D eigenvalue weighted by Crippen LogP contribution is -2.41. The van der Waals surface area contributed by atoms with Crippen LogP contribution in [0.1, 0.15) is 10.9 Å². The largest absolute Gasteiger partial charge is 0.353 e. The third-order valence-electron chi connectivity index (χ3n) is 3.56. The molecule has 0 aliphatic carbocycles. The van der Waals surface area contributed by atoms with E-state index in [0.29, 0.717) is 6.54 Å². The smallest absolute Gasteiger partial charge is 0.331 e. The first-order valence-corrected chi connectivity index (χ1v) is 8.01. The van der Waals surface area contributed by atoms with Crippen LogP contribution in [-0.4, -0.2) is 40.6 Å². The number of hydrogen-bond acceptors (Lipinski definition) is 5. The summed E-state index contributed by atoms with van der Waals surface area (Å²) in [5, 5.41) is 4.84. The van der Waals surface area contributed by atoms with Gasteiger partial charge in [0.2, 0.25) is 5.91 Å². The number of carbonyl (C=O) groups excluding carboxylic acids is 1. The van der Waals surface area contributed by atoms with Crippen molar-refractivity contribution in [2.24, 2.45) is 7.05 Å². The van der Waals surface area contributed by atoms with Crippen LogP contribution in [0.4, 0.5) is 0 Å². The van der Waals surface area contributed by atoms with Crippen molar-refractivity contribution in [3.8, 4) is 0 Å². The van der Waals surface area contributed by atoms with Gasteiger partial charge in [-0.1, -0.05) is 6.07 Å². The van der Waals surface area contributed by atoms with E-state index in [1.807, 2.05) is 36.5 Å². The minimum absolute atomic E-state index is 0.0794. The zero-order valence-corrected chi connectivity index (χ0v) is 14.2. The first-order chi connectivity index (χ1) is 10.9. The molecule has 2 aromatic heterocycles. The van der Waals surface area contributed by atoms with E-state index in [1.165, 1.54) is 23.9 Å². The molecule has 2 heterocycles. The summed E-state index contributed by atoms with van der Waals surface area (Å²) in [6, 6.07) is 5.35. The molecule has 0 unspecified atom stereocenters. The number of aromatic nitrogens is 2. The van der Waals surface area contributed by atoms with Gasteiger partial charge in [0.1, 0.15) is 6.54 Å². The van der Waals surface area contributed by atoms with E-state index in [2.05, 4.69) is 5.32 Å². The third kappa shape index (κ3) is 4.17. The highest BCUT2D eigenvalue weighted by Gasteiger charge is 2.16. The zero-order chi connectivity index (χ0) is 17.0. The Morgan fingerprint density at radius 1 is 1.35 bits per heavy atom. The first kappa shape index (κ1) is 17.2. The summed E-state index contributed by atoms with van der Waals surface area (Å²) in [7, 11) is 5.29. The molecule has 124 valence electrons. The van der Waals surface area contributed by atoms with E-state index in [1.54, 1.807) is 11.3 Å². The van der Waals surface area contributed by atoms with Crippen LogP contribution in [0.3, 0.4) is 0 Å². The molecule has 0 aliphatic rings. The van der Waals surface area contributed by atoms with Crippen molar-refractivity contribution < 1.29 is 4.79 Å². The van der Waals surface area contributed by atoms with Crippen LogP contribution in [0.25, 0.3) is 0 Å². The summed E-state index contributed by atoms with van der Waals surface area (Å²) >= 11 is 1.63. The van der Waals surface area contributed by atoms with E-state index >= 15 is 0 Å². The standard InChI is InChI=1S/C15H20N4O3S/c1-17(2)11(12-5-4-8-23-12)9-16-13(20)10-19-7-6-14(21)18(3)15(19)22/h4-8,11H,9-10H2,1-3H3,(H,16,20)/t11-/m1/s1. The number of rotatable bonds is 6. The van der Waals surface area contributed by atoms with Gasteiger partial charge < -0.3 is 10.2 Å². The molecule has 1 amide bonds. The van der Waals surface area contributed by atoms with Crippen LogP contribution in [0.5, 0.6) is 0 Å². The molecule has 0 bridgehead atoms. The van der Waals surface area contributed by atoms with Crippen molar-refractivity contribution in [1.29, 1.82) is 0 Å². The monoisotopic (exact) mass is 336 g/mol. The molecule has 0 radical (unpaired) electrons. The second-order valence-corrected chi connectivity index (χ2v) is 6.40. The Kier molecular flexibility index (Phi) is 5.51. The number of amides is 1. The molecule has 0 aromatic carbocycles. The van der Waals surface area contributed by atoms with Crippen LogP contribution >= 0.6 is 11.3 Å². The highest BCUT2D eigenvalue weighted by Crippen LogP contribution is 2.22. The fourth-order valence-electron chi connectivity index (χ4n) is 2.18. The van der Waals surface area contributed by atoms with Gasteiger partial charge >= 0.3 is 5.69 Å². The molecule has 1 atom stereocenters. The molecule has 8 heteroatoms. The van der Waals surface area contributed by atoms with Gasteiger partial charge in [0.05, 0.1) is 6.04 Å². The van der Waals surface area contributed by atoms with Crippen LogP contribution in [0, 0.1) is 0 Å². The summed E-state index contributed by atoms with van der Waals surface area (Å²) in [5.74, 6) is -0.269. The molecule has 1 N–H and O–H groups in total. The summed E-state index contributed by atoms with van der Waals surface area (Å²) in [5.41, 5.74) is -0.896. The summed E-state index contributed by atoms with van der Waals surface area (Å²) in [6.45, 7) is 0.338. The molecule has 0 aliphatic heterocycles. The van der Waals surface area contributed by atoms with Crippen LogP contribution in [0.15, 0.2) is 39.4 Å². The summed E-state index contributed by atoms with van der Waals surface area (Å²) in [4.78, 5) is 38.5. The first-order valence-electron chi connectivity index (χ1n) is 7.13. The van der Waals surface area contributed by atoms with Gasteiger partial charge in [0.25, 0.3) is 5.56 Å². The molecule has 0 saturated carbocycles. The number of nitrogens with one attached hydrogen (secondary N) is 1. The number of nitrogens with zero attached hydrogens (tertiary/aromatic N) is 3.